The fourth-order valence-electron chi connectivity index (χ4n) is 2.35. The van der Waals surface area contributed by atoms with E-state index in [0.717, 1.165) is 5.56 Å². The van der Waals surface area contributed by atoms with Crippen molar-refractivity contribution in [3.63, 3.8) is 0 Å². The molecule has 0 aliphatic heterocycles. The first kappa shape index (κ1) is 15.7. The molecule has 122 valence electrons. The Balaban J connectivity index is 1.64. The summed E-state index contributed by atoms with van der Waals surface area (Å²) in [6.45, 7) is 1.84. The van der Waals surface area contributed by atoms with E-state index >= 15 is 0 Å². The van der Waals surface area contributed by atoms with E-state index in [1.165, 1.54) is 0 Å². The summed E-state index contributed by atoms with van der Waals surface area (Å²) < 4.78 is 5.45. The van der Waals surface area contributed by atoms with E-state index in [0.29, 0.717) is 17.5 Å². The summed E-state index contributed by atoms with van der Waals surface area (Å²) in [7, 11) is 0. The Labute approximate surface area is 139 Å². The zero-order valence-electron chi connectivity index (χ0n) is 13.3. The lowest BCUT2D eigenvalue weighted by Gasteiger charge is -2.11. The molecule has 3 N–H and O–H groups in total. The first-order chi connectivity index (χ1) is 11.6. The van der Waals surface area contributed by atoms with Crippen molar-refractivity contribution in [2.75, 3.05) is 0 Å². The summed E-state index contributed by atoms with van der Waals surface area (Å²) in [5.74, 6) is -0.465. The van der Waals surface area contributed by atoms with Gasteiger partial charge in [-0.05, 0) is 24.1 Å². The Kier molecular flexibility index (Phi) is 4.56. The third kappa shape index (κ3) is 3.78. The van der Waals surface area contributed by atoms with Crippen LogP contribution in [0.1, 0.15) is 12.5 Å². The van der Waals surface area contributed by atoms with Gasteiger partial charge in [0, 0.05) is 5.92 Å². The number of aliphatic imine (C=N–C) groups is 1. The van der Waals surface area contributed by atoms with Crippen LogP contribution in [-0.2, 0) is 11.2 Å². The van der Waals surface area contributed by atoms with E-state index in [1.54, 1.807) is 6.07 Å². The molecule has 6 nitrogen and oxygen atoms in total. The van der Waals surface area contributed by atoms with E-state index in [2.05, 4.69) is 15.3 Å². The van der Waals surface area contributed by atoms with E-state index < -0.39 is 0 Å². The van der Waals surface area contributed by atoms with E-state index in [4.69, 9.17) is 10.2 Å². The highest BCUT2D eigenvalue weighted by Crippen LogP contribution is 2.20. The molecular weight excluding hydrogens is 304 g/mol. The minimum atomic E-state index is -0.232. The molecule has 6 heteroatoms. The van der Waals surface area contributed by atoms with Gasteiger partial charge in [0.05, 0.1) is 0 Å². The lowest BCUT2D eigenvalue weighted by atomic mass is 10.0. The monoisotopic (exact) mass is 322 g/mol. The van der Waals surface area contributed by atoms with Crippen molar-refractivity contribution in [2.45, 2.75) is 13.3 Å². The molecule has 2 aromatic carbocycles. The SMILES string of the molecule is CC(Cc1ccccc1)C(=O)NC(N)=Nc1nc2ccccc2o1. The van der Waals surface area contributed by atoms with Gasteiger partial charge in [0.2, 0.25) is 11.9 Å². The predicted molar refractivity (Wildman–Crippen MR) is 92.7 cm³/mol. The van der Waals surface area contributed by atoms with Gasteiger partial charge in [0.1, 0.15) is 5.52 Å². The molecule has 3 rings (SSSR count). The second-order valence-electron chi connectivity index (χ2n) is 5.54. The maximum atomic E-state index is 12.2. The third-order valence-corrected chi connectivity index (χ3v) is 3.58. The van der Waals surface area contributed by atoms with Gasteiger partial charge < -0.3 is 10.2 Å². The number of aromatic nitrogens is 1. The van der Waals surface area contributed by atoms with Crippen molar-refractivity contribution in [1.82, 2.24) is 10.3 Å². The van der Waals surface area contributed by atoms with Gasteiger partial charge in [-0.1, -0.05) is 49.4 Å². The van der Waals surface area contributed by atoms with Crippen molar-refractivity contribution >= 4 is 29.0 Å². The van der Waals surface area contributed by atoms with Crippen LogP contribution in [0.5, 0.6) is 0 Å². The van der Waals surface area contributed by atoms with Gasteiger partial charge in [-0.25, -0.2) is 0 Å². The van der Waals surface area contributed by atoms with Crippen molar-refractivity contribution in [2.24, 2.45) is 16.6 Å². The van der Waals surface area contributed by atoms with Crippen LogP contribution in [0.4, 0.5) is 6.01 Å². The van der Waals surface area contributed by atoms with Gasteiger partial charge in [0.15, 0.2) is 5.58 Å². The largest absolute Gasteiger partial charge is 0.422 e. The fourth-order valence-corrected chi connectivity index (χ4v) is 2.35. The Morgan fingerprint density at radius 2 is 1.92 bits per heavy atom. The summed E-state index contributed by atoms with van der Waals surface area (Å²) in [5.41, 5.74) is 8.18. The van der Waals surface area contributed by atoms with E-state index in [1.807, 2.05) is 55.5 Å². The molecule has 0 saturated carbocycles. The number of amides is 1. The lowest BCUT2D eigenvalue weighted by Crippen LogP contribution is -2.40. The van der Waals surface area contributed by atoms with Crippen LogP contribution in [0.15, 0.2) is 64.0 Å². The van der Waals surface area contributed by atoms with E-state index in [9.17, 15) is 4.79 Å². The molecule has 0 aliphatic carbocycles. The molecule has 1 amide bonds. The van der Waals surface area contributed by atoms with Crippen LogP contribution in [0.25, 0.3) is 11.1 Å². The molecule has 0 fully saturated rings. The summed E-state index contributed by atoms with van der Waals surface area (Å²) in [6.07, 6.45) is 0.628. The second-order valence-corrected chi connectivity index (χ2v) is 5.54. The van der Waals surface area contributed by atoms with E-state index in [-0.39, 0.29) is 23.8 Å². The summed E-state index contributed by atoms with van der Waals surface area (Å²) >= 11 is 0. The number of carbonyl (C=O) groups excluding carboxylic acids is 1. The smallest absolute Gasteiger partial charge is 0.325 e. The highest BCUT2D eigenvalue weighted by atomic mass is 16.4. The summed E-state index contributed by atoms with van der Waals surface area (Å²) in [5, 5.41) is 2.58. The number of oxazole rings is 1. The minimum absolute atomic E-state index is 0.0357. The number of hydrogen-bond acceptors (Lipinski definition) is 4. The standard InChI is InChI=1S/C18H18N4O2/c1-12(11-13-7-3-2-4-8-13)16(23)21-17(19)22-18-20-14-9-5-6-10-15(14)24-18/h2-10,12H,11H2,1H3,(H3,19,20,21,22,23). The first-order valence-corrected chi connectivity index (χ1v) is 7.66. The number of hydrogen-bond donors (Lipinski definition) is 2. The van der Waals surface area contributed by atoms with Crippen LogP contribution >= 0.6 is 0 Å². The number of nitrogens with one attached hydrogen (secondary N) is 1. The van der Waals surface area contributed by atoms with Gasteiger partial charge in [-0.15, -0.1) is 0 Å². The zero-order chi connectivity index (χ0) is 16.9. The average Bonchev–Trinajstić information content (AvgIpc) is 2.97. The number of nitrogens with zero attached hydrogens (tertiary/aromatic N) is 2. The number of guanidine groups is 1. The molecule has 24 heavy (non-hydrogen) atoms. The van der Waals surface area contributed by atoms with Crippen LogP contribution in [0.2, 0.25) is 0 Å². The quantitative estimate of drug-likeness (QED) is 0.570. The van der Waals surface area contributed by atoms with Crippen molar-refractivity contribution in [1.29, 1.82) is 0 Å². The highest BCUT2D eigenvalue weighted by Gasteiger charge is 2.15. The minimum Gasteiger partial charge on any atom is -0.422 e. The van der Waals surface area contributed by atoms with Gasteiger partial charge in [-0.3, -0.25) is 10.1 Å². The van der Waals surface area contributed by atoms with Crippen molar-refractivity contribution < 1.29 is 9.21 Å². The Hall–Kier alpha value is -3.15. The van der Waals surface area contributed by atoms with Crippen LogP contribution in [-0.4, -0.2) is 16.9 Å². The van der Waals surface area contributed by atoms with Gasteiger partial charge >= 0.3 is 6.01 Å². The maximum Gasteiger partial charge on any atom is 0.325 e. The normalized spacial score (nSPS) is 13.0. The Morgan fingerprint density at radius 3 is 2.67 bits per heavy atom. The van der Waals surface area contributed by atoms with Gasteiger partial charge in [-0.2, -0.15) is 9.98 Å². The molecule has 0 radical (unpaired) electrons. The molecule has 3 aromatic rings. The third-order valence-electron chi connectivity index (χ3n) is 3.58. The summed E-state index contributed by atoms with van der Waals surface area (Å²) in [4.78, 5) is 20.4. The number of fused-ring (bicyclic) bond motifs is 1. The topological polar surface area (TPSA) is 93.5 Å². The number of para-hydroxylation sites is 2. The number of benzene rings is 2. The predicted octanol–water partition coefficient (Wildman–Crippen LogP) is 2.77. The number of nitrogens with two attached hydrogens (primary N) is 1. The number of rotatable bonds is 4. The molecule has 0 spiro atoms. The van der Waals surface area contributed by atoms with Crippen LogP contribution in [0.3, 0.4) is 0 Å². The number of carbonyl (C=O) groups is 1. The maximum absolute atomic E-state index is 12.2. The highest BCUT2D eigenvalue weighted by molar-refractivity contribution is 5.97. The molecule has 0 aliphatic rings. The van der Waals surface area contributed by atoms with Gasteiger partial charge in [0.25, 0.3) is 0 Å². The molecular formula is C18H18N4O2. The molecule has 0 bridgehead atoms. The molecule has 1 atom stereocenters. The van der Waals surface area contributed by atoms with Crippen LogP contribution in [0, 0.1) is 5.92 Å². The average molecular weight is 322 g/mol. The molecule has 1 heterocycles. The van der Waals surface area contributed by atoms with Crippen LogP contribution < -0.4 is 11.1 Å². The second kappa shape index (κ2) is 6.95. The first-order valence-electron chi connectivity index (χ1n) is 7.66. The molecule has 1 aromatic heterocycles. The summed E-state index contributed by atoms with van der Waals surface area (Å²) in [6, 6.07) is 17.2. The Morgan fingerprint density at radius 1 is 1.21 bits per heavy atom. The van der Waals surface area contributed by atoms with Crippen molar-refractivity contribution in [3.8, 4) is 0 Å². The zero-order valence-corrected chi connectivity index (χ0v) is 13.3. The fraction of sp³-hybridized carbons (Fsp3) is 0.167. The molecule has 0 saturated heterocycles. The lowest BCUT2D eigenvalue weighted by molar-refractivity contribution is -0.123. The van der Waals surface area contributed by atoms with Crippen molar-refractivity contribution in [3.05, 3.63) is 60.2 Å². The Bertz CT molecular complexity index is 838. The molecule has 1 unspecified atom stereocenters.